The van der Waals surface area contributed by atoms with Crippen LogP contribution in [-0.4, -0.2) is 39.6 Å². The molecule has 0 saturated heterocycles. The first-order valence-electron chi connectivity index (χ1n) is 8.52. The van der Waals surface area contributed by atoms with Gasteiger partial charge in [-0.15, -0.1) is 0 Å². The van der Waals surface area contributed by atoms with Gasteiger partial charge in [-0.25, -0.2) is 8.78 Å². The second kappa shape index (κ2) is 7.30. The summed E-state index contributed by atoms with van der Waals surface area (Å²) in [5.41, 5.74) is 2.25. The van der Waals surface area contributed by atoms with E-state index in [2.05, 4.69) is 10.4 Å². The van der Waals surface area contributed by atoms with Crippen molar-refractivity contribution in [3.63, 3.8) is 0 Å². The number of benzene rings is 1. The van der Waals surface area contributed by atoms with E-state index in [-0.39, 0.29) is 11.6 Å². The van der Waals surface area contributed by atoms with E-state index in [0.29, 0.717) is 18.8 Å². The number of nitrogens with zero attached hydrogens (tertiary/aromatic N) is 3. The summed E-state index contributed by atoms with van der Waals surface area (Å²) in [6, 6.07) is 4.92. The summed E-state index contributed by atoms with van der Waals surface area (Å²) in [6.45, 7) is 4.59. The van der Waals surface area contributed by atoms with E-state index in [1.54, 1.807) is 18.0 Å². The Morgan fingerprint density at radius 3 is 2.52 bits per heavy atom. The van der Waals surface area contributed by atoms with Crippen LogP contribution < -0.4 is 5.32 Å². The number of carbonyl (C=O) groups excluding carboxylic acids is 2. The molecule has 8 heteroatoms. The molecule has 142 valence electrons. The lowest BCUT2D eigenvalue weighted by Crippen LogP contribution is -2.35. The van der Waals surface area contributed by atoms with Gasteiger partial charge >= 0.3 is 0 Å². The summed E-state index contributed by atoms with van der Waals surface area (Å²) < 4.78 is 29.0. The van der Waals surface area contributed by atoms with Crippen LogP contribution in [-0.2, 0) is 11.8 Å². The Morgan fingerprint density at radius 1 is 1.22 bits per heavy atom. The van der Waals surface area contributed by atoms with Crippen LogP contribution in [0.25, 0.3) is 5.57 Å². The number of halogens is 2. The van der Waals surface area contributed by atoms with E-state index in [9.17, 15) is 18.4 Å². The summed E-state index contributed by atoms with van der Waals surface area (Å²) in [6.07, 6.45) is 0.738. The minimum absolute atomic E-state index is 0.0184. The Bertz CT molecular complexity index is 929. The number of anilines is 1. The van der Waals surface area contributed by atoms with Crippen LogP contribution >= 0.6 is 0 Å². The quantitative estimate of drug-likeness (QED) is 0.898. The van der Waals surface area contributed by atoms with E-state index in [0.717, 1.165) is 29.7 Å². The number of hydrogen-bond acceptors (Lipinski definition) is 3. The Balaban J connectivity index is 1.88. The maximum absolute atomic E-state index is 13.7. The SMILES string of the molecule is CC(=O)N1CCC(C)=C(c2cc(C(=O)Nc3c(F)cccc3F)nn2C)C1. The zero-order valence-corrected chi connectivity index (χ0v) is 15.3. The Labute approximate surface area is 155 Å². The van der Waals surface area contributed by atoms with E-state index in [1.165, 1.54) is 17.7 Å². The van der Waals surface area contributed by atoms with Crippen molar-refractivity contribution >= 4 is 23.1 Å². The molecule has 1 aromatic heterocycles. The molecule has 1 aliphatic rings. The fraction of sp³-hybridized carbons (Fsp3) is 0.316. The first-order chi connectivity index (χ1) is 12.8. The van der Waals surface area contributed by atoms with Crippen LogP contribution in [0.4, 0.5) is 14.5 Å². The number of aromatic nitrogens is 2. The predicted octanol–water partition coefficient (Wildman–Crippen LogP) is 2.98. The third-order valence-electron chi connectivity index (χ3n) is 4.69. The molecule has 1 aliphatic heterocycles. The molecule has 6 nitrogen and oxygen atoms in total. The number of amides is 2. The third kappa shape index (κ3) is 3.74. The molecule has 2 aromatic rings. The number of hydrogen-bond donors (Lipinski definition) is 1. The lowest BCUT2D eigenvalue weighted by molar-refractivity contribution is -0.128. The summed E-state index contributed by atoms with van der Waals surface area (Å²) >= 11 is 0. The van der Waals surface area contributed by atoms with Crippen molar-refractivity contribution in [3.05, 3.63) is 52.9 Å². The van der Waals surface area contributed by atoms with Crippen LogP contribution in [0.15, 0.2) is 29.8 Å². The molecule has 0 radical (unpaired) electrons. The van der Waals surface area contributed by atoms with Gasteiger partial charge in [0, 0.05) is 27.1 Å². The minimum Gasteiger partial charge on any atom is -0.338 e. The predicted molar refractivity (Wildman–Crippen MR) is 97.0 cm³/mol. The maximum Gasteiger partial charge on any atom is 0.276 e. The molecule has 3 rings (SSSR count). The highest BCUT2D eigenvalue weighted by Gasteiger charge is 2.24. The molecular formula is C19H20F2N4O2. The van der Waals surface area contributed by atoms with Crippen molar-refractivity contribution in [2.45, 2.75) is 20.3 Å². The fourth-order valence-corrected chi connectivity index (χ4v) is 3.08. The molecule has 0 atom stereocenters. The average Bonchev–Trinajstić information content (AvgIpc) is 3.00. The lowest BCUT2D eigenvalue weighted by Gasteiger charge is -2.29. The second-order valence-corrected chi connectivity index (χ2v) is 6.54. The molecule has 2 amide bonds. The molecule has 1 N–H and O–H groups in total. The van der Waals surface area contributed by atoms with Crippen molar-refractivity contribution in [1.82, 2.24) is 14.7 Å². The highest BCUT2D eigenvalue weighted by atomic mass is 19.1. The Hall–Kier alpha value is -3.03. The first-order valence-corrected chi connectivity index (χ1v) is 8.52. The van der Waals surface area contributed by atoms with E-state index in [1.807, 2.05) is 6.92 Å². The largest absolute Gasteiger partial charge is 0.338 e. The van der Waals surface area contributed by atoms with Gasteiger partial charge in [0.25, 0.3) is 5.91 Å². The lowest BCUT2D eigenvalue weighted by atomic mass is 9.98. The highest BCUT2D eigenvalue weighted by Crippen LogP contribution is 2.27. The van der Waals surface area contributed by atoms with Gasteiger partial charge in [-0.1, -0.05) is 11.6 Å². The molecule has 27 heavy (non-hydrogen) atoms. The van der Waals surface area contributed by atoms with Gasteiger partial charge in [0.05, 0.1) is 5.69 Å². The molecule has 0 fully saturated rings. The molecule has 0 saturated carbocycles. The summed E-state index contributed by atoms with van der Waals surface area (Å²) in [4.78, 5) is 25.8. The van der Waals surface area contributed by atoms with Crippen molar-refractivity contribution in [3.8, 4) is 0 Å². The molecule has 1 aromatic carbocycles. The van der Waals surface area contributed by atoms with Crippen LogP contribution in [0.3, 0.4) is 0 Å². The molecule has 0 bridgehead atoms. The van der Waals surface area contributed by atoms with Crippen molar-refractivity contribution in [1.29, 1.82) is 0 Å². The van der Waals surface area contributed by atoms with Crippen LogP contribution in [0.2, 0.25) is 0 Å². The Morgan fingerprint density at radius 2 is 1.89 bits per heavy atom. The summed E-state index contributed by atoms with van der Waals surface area (Å²) in [7, 11) is 1.68. The maximum atomic E-state index is 13.7. The van der Waals surface area contributed by atoms with E-state index < -0.39 is 23.2 Å². The summed E-state index contributed by atoms with van der Waals surface area (Å²) in [5.74, 6) is -2.45. The van der Waals surface area contributed by atoms with Crippen molar-refractivity contribution in [2.75, 3.05) is 18.4 Å². The van der Waals surface area contributed by atoms with Gasteiger partial charge in [0.1, 0.15) is 17.3 Å². The normalized spacial score (nSPS) is 14.5. The monoisotopic (exact) mass is 374 g/mol. The molecule has 2 heterocycles. The standard InChI is InChI=1S/C19H20F2N4O2/c1-11-7-8-25(12(2)26)10-13(11)17-9-16(23-24(17)3)19(27)22-18-14(20)5-4-6-15(18)21/h4-6,9H,7-8,10H2,1-3H3,(H,22,27). The molecule has 0 aliphatic carbocycles. The average molecular weight is 374 g/mol. The number of carbonyl (C=O) groups is 2. The smallest absolute Gasteiger partial charge is 0.276 e. The van der Waals surface area contributed by atoms with Gasteiger partial charge in [-0.2, -0.15) is 5.10 Å². The van der Waals surface area contributed by atoms with Gasteiger partial charge in [-0.05, 0) is 37.1 Å². The van der Waals surface area contributed by atoms with Crippen LogP contribution in [0, 0.1) is 11.6 Å². The van der Waals surface area contributed by atoms with Crippen molar-refractivity contribution in [2.24, 2.45) is 7.05 Å². The number of para-hydroxylation sites is 1. The molecular weight excluding hydrogens is 354 g/mol. The van der Waals surface area contributed by atoms with E-state index >= 15 is 0 Å². The fourth-order valence-electron chi connectivity index (χ4n) is 3.08. The molecule has 0 spiro atoms. The zero-order valence-electron chi connectivity index (χ0n) is 15.3. The Kier molecular flexibility index (Phi) is 5.07. The minimum atomic E-state index is -0.859. The van der Waals surface area contributed by atoms with Gasteiger partial charge in [0.15, 0.2) is 5.69 Å². The van der Waals surface area contributed by atoms with Crippen molar-refractivity contribution < 1.29 is 18.4 Å². The molecule has 0 unspecified atom stereocenters. The first kappa shape index (κ1) is 18.8. The third-order valence-corrected chi connectivity index (χ3v) is 4.69. The summed E-state index contributed by atoms with van der Waals surface area (Å²) in [5, 5.41) is 6.40. The highest BCUT2D eigenvalue weighted by molar-refractivity contribution is 6.03. The van der Waals surface area contributed by atoms with Crippen LogP contribution in [0.1, 0.15) is 36.5 Å². The van der Waals surface area contributed by atoms with Gasteiger partial charge < -0.3 is 10.2 Å². The van der Waals surface area contributed by atoms with Gasteiger partial charge in [0.2, 0.25) is 5.91 Å². The van der Waals surface area contributed by atoms with E-state index in [4.69, 9.17) is 0 Å². The zero-order chi connectivity index (χ0) is 19.7. The second-order valence-electron chi connectivity index (χ2n) is 6.54. The van der Waals surface area contributed by atoms with Gasteiger partial charge in [-0.3, -0.25) is 14.3 Å². The topological polar surface area (TPSA) is 67.2 Å². The van der Waals surface area contributed by atoms with Crippen LogP contribution in [0.5, 0.6) is 0 Å². The number of rotatable bonds is 3. The number of nitrogens with one attached hydrogen (secondary N) is 1. The number of aryl methyl sites for hydroxylation is 1.